The maximum Gasteiger partial charge on any atom is 0.0851 e. The molecule has 0 aromatic rings. The SMILES string of the molecule is C=C(C)CC(NN)C1(OCC)CCC(C)CC1. The first-order valence-electron chi connectivity index (χ1n) is 6.78. The highest BCUT2D eigenvalue weighted by molar-refractivity contribution is 5.03. The molecule has 1 saturated carbocycles. The summed E-state index contributed by atoms with van der Waals surface area (Å²) >= 11 is 0. The molecule has 1 unspecified atom stereocenters. The van der Waals surface area contributed by atoms with Gasteiger partial charge < -0.3 is 4.74 Å². The lowest BCUT2D eigenvalue weighted by molar-refractivity contribution is -0.0961. The first-order valence-corrected chi connectivity index (χ1v) is 6.78. The van der Waals surface area contributed by atoms with Crippen molar-refractivity contribution in [3.63, 3.8) is 0 Å². The highest BCUT2D eigenvalue weighted by atomic mass is 16.5. The Labute approximate surface area is 106 Å². The maximum atomic E-state index is 6.09. The van der Waals surface area contributed by atoms with E-state index >= 15 is 0 Å². The Bertz CT molecular complexity index is 245. The molecule has 0 aromatic heterocycles. The van der Waals surface area contributed by atoms with E-state index in [-0.39, 0.29) is 11.6 Å². The van der Waals surface area contributed by atoms with Crippen LogP contribution in [0.5, 0.6) is 0 Å². The molecule has 0 aliphatic heterocycles. The Hall–Kier alpha value is -0.380. The third-order valence-electron chi connectivity index (χ3n) is 3.94. The van der Waals surface area contributed by atoms with E-state index in [0.29, 0.717) is 0 Å². The average Bonchev–Trinajstić information content (AvgIpc) is 2.29. The molecular weight excluding hydrogens is 212 g/mol. The van der Waals surface area contributed by atoms with Gasteiger partial charge in [-0.2, -0.15) is 0 Å². The van der Waals surface area contributed by atoms with E-state index in [1.807, 2.05) is 0 Å². The second kappa shape index (κ2) is 6.53. The van der Waals surface area contributed by atoms with Crippen molar-refractivity contribution in [2.75, 3.05) is 6.61 Å². The van der Waals surface area contributed by atoms with Crippen molar-refractivity contribution >= 4 is 0 Å². The predicted octanol–water partition coefficient (Wildman–Crippen LogP) is 2.77. The van der Waals surface area contributed by atoms with Crippen LogP contribution in [0.25, 0.3) is 0 Å². The minimum Gasteiger partial charge on any atom is -0.374 e. The van der Waals surface area contributed by atoms with E-state index in [2.05, 4.69) is 32.8 Å². The molecule has 1 rings (SSSR count). The van der Waals surface area contributed by atoms with Crippen LogP contribution in [0, 0.1) is 5.92 Å². The van der Waals surface area contributed by atoms with Gasteiger partial charge in [-0.3, -0.25) is 11.3 Å². The number of rotatable bonds is 6. The summed E-state index contributed by atoms with van der Waals surface area (Å²) in [6.45, 7) is 11.2. The molecule has 0 saturated heterocycles. The third kappa shape index (κ3) is 3.80. The Morgan fingerprint density at radius 2 is 2.12 bits per heavy atom. The van der Waals surface area contributed by atoms with Gasteiger partial charge in [0.05, 0.1) is 11.6 Å². The van der Waals surface area contributed by atoms with Gasteiger partial charge in [0, 0.05) is 6.61 Å². The summed E-state index contributed by atoms with van der Waals surface area (Å²) in [5.74, 6) is 6.54. The van der Waals surface area contributed by atoms with Crippen molar-refractivity contribution in [1.29, 1.82) is 0 Å². The van der Waals surface area contributed by atoms with Crippen LogP contribution in [0.15, 0.2) is 12.2 Å². The highest BCUT2D eigenvalue weighted by Crippen LogP contribution is 2.38. The molecular formula is C14H28N2O. The van der Waals surface area contributed by atoms with Crippen LogP contribution >= 0.6 is 0 Å². The maximum absolute atomic E-state index is 6.09. The van der Waals surface area contributed by atoms with Crippen molar-refractivity contribution in [2.24, 2.45) is 11.8 Å². The summed E-state index contributed by atoms with van der Waals surface area (Å²) in [6, 6.07) is 0.187. The second-order valence-corrected chi connectivity index (χ2v) is 5.56. The lowest BCUT2D eigenvalue weighted by Gasteiger charge is -2.44. The zero-order valence-corrected chi connectivity index (χ0v) is 11.6. The smallest absolute Gasteiger partial charge is 0.0851 e. The molecule has 0 radical (unpaired) electrons. The van der Waals surface area contributed by atoms with Crippen molar-refractivity contribution in [3.05, 3.63) is 12.2 Å². The summed E-state index contributed by atoms with van der Waals surface area (Å²) in [6.07, 6.45) is 5.56. The fraction of sp³-hybridized carbons (Fsp3) is 0.857. The molecule has 100 valence electrons. The molecule has 1 aliphatic carbocycles. The van der Waals surface area contributed by atoms with Gasteiger partial charge in [-0.05, 0) is 51.9 Å². The third-order valence-corrected chi connectivity index (χ3v) is 3.94. The fourth-order valence-corrected chi connectivity index (χ4v) is 2.88. The lowest BCUT2D eigenvalue weighted by Crippen LogP contribution is -2.56. The topological polar surface area (TPSA) is 47.3 Å². The molecule has 0 aromatic carbocycles. The van der Waals surface area contributed by atoms with E-state index in [4.69, 9.17) is 10.6 Å². The summed E-state index contributed by atoms with van der Waals surface area (Å²) in [5, 5.41) is 0. The molecule has 17 heavy (non-hydrogen) atoms. The monoisotopic (exact) mass is 240 g/mol. The van der Waals surface area contributed by atoms with E-state index in [1.54, 1.807) is 0 Å². The summed E-state index contributed by atoms with van der Waals surface area (Å²) in [5.41, 5.74) is 4.03. The van der Waals surface area contributed by atoms with Crippen LogP contribution in [-0.2, 0) is 4.74 Å². The van der Waals surface area contributed by atoms with Gasteiger partial charge in [0.1, 0.15) is 0 Å². The Balaban J connectivity index is 2.77. The van der Waals surface area contributed by atoms with Gasteiger partial charge in [-0.1, -0.05) is 12.5 Å². The van der Waals surface area contributed by atoms with Gasteiger partial charge in [-0.15, -0.1) is 6.58 Å². The molecule has 1 aliphatic rings. The number of hydrogen-bond acceptors (Lipinski definition) is 3. The molecule has 1 atom stereocenters. The van der Waals surface area contributed by atoms with Gasteiger partial charge >= 0.3 is 0 Å². The number of hydrazine groups is 1. The zero-order valence-electron chi connectivity index (χ0n) is 11.6. The van der Waals surface area contributed by atoms with Crippen LogP contribution in [-0.4, -0.2) is 18.2 Å². The predicted molar refractivity (Wildman–Crippen MR) is 72.5 cm³/mol. The fourth-order valence-electron chi connectivity index (χ4n) is 2.88. The number of nitrogens with two attached hydrogens (primary N) is 1. The molecule has 0 amide bonds. The van der Waals surface area contributed by atoms with Crippen LogP contribution in [0.4, 0.5) is 0 Å². The minimum atomic E-state index is -0.0883. The molecule has 0 spiro atoms. The summed E-state index contributed by atoms with van der Waals surface area (Å²) < 4.78 is 6.09. The van der Waals surface area contributed by atoms with E-state index in [9.17, 15) is 0 Å². The minimum absolute atomic E-state index is 0.0883. The van der Waals surface area contributed by atoms with Crippen LogP contribution in [0.1, 0.15) is 52.9 Å². The Morgan fingerprint density at radius 1 is 1.53 bits per heavy atom. The summed E-state index contributed by atoms with van der Waals surface area (Å²) in [4.78, 5) is 0. The van der Waals surface area contributed by atoms with Gasteiger partial charge in [-0.25, -0.2) is 0 Å². The second-order valence-electron chi connectivity index (χ2n) is 5.56. The van der Waals surface area contributed by atoms with Crippen molar-refractivity contribution in [2.45, 2.75) is 64.5 Å². The first-order chi connectivity index (χ1) is 8.04. The average molecular weight is 240 g/mol. The van der Waals surface area contributed by atoms with Crippen LogP contribution < -0.4 is 11.3 Å². The van der Waals surface area contributed by atoms with Crippen molar-refractivity contribution in [1.82, 2.24) is 5.43 Å². The molecule has 3 heteroatoms. The van der Waals surface area contributed by atoms with E-state index in [0.717, 1.165) is 37.4 Å². The van der Waals surface area contributed by atoms with Crippen molar-refractivity contribution in [3.8, 4) is 0 Å². The number of nitrogens with one attached hydrogen (secondary N) is 1. The standard InChI is InChI=1S/C14H28N2O/c1-5-17-14(8-6-12(4)7-9-14)13(16-15)10-11(2)3/h12-13,16H,2,5-10,15H2,1,3-4H3. The Kier molecular flexibility index (Phi) is 5.63. The largest absolute Gasteiger partial charge is 0.374 e. The van der Waals surface area contributed by atoms with E-state index in [1.165, 1.54) is 12.8 Å². The van der Waals surface area contributed by atoms with Crippen LogP contribution in [0.2, 0.25) is 0 Å². The van der Waals surface area contributed by atoms with E-state index < -0.39 is 0 Å². The molecule has 1 fully saturated rings. The van der Waals surface area contributed by atoms with Gasteiger partial charge in [0.15, 0.2) is 0 Å². The first kappa shape index (κ1) is 14.7. The number of hydrogen-bond donors (Lipinski definition) is 2. The van der Waals surface area contributed by atoms with Crippen molar-refractivity contribution < 1.29 is 4.74 Å². The zero-order chi connectivity index (χ0) is 12.9. The van der Waals surface area contributed by atoms with Gasteiger partial charge in [0.2, 0.25) is 0 Å². The highest BCUT2D eigenvalue weighted by Gasteiger charge is 2.41. The molecule has 0 bridgehead atoms. The molecule has 0 heterocycles. The quantitative estimate of drug-likeness (QED) is 0.426. The molecule has 3 N–H and O–H groups in total. The van der Waals surface area contributed by atoms with Crippen LogP contribution in [0.3, 0.4) is 0 Å². The summed E-state index contributed by atoms with van der Waals surface area (Å²) in [7, 11) is 0. The number of ether oxygens (including phenoxy) is 1. The Morgan fingerprint density at radius 3 is 2.53 bits per heavy atom. The normalized spacial score (nSPS) is 31.2. The molecule has 3 nitrogen and oxygen atoms in total. The van der Waals surface area contributed by atoms with Gasteiger partial charge in [0.25, 0.3) is 0 Å². The lowest BCUT2D eigenvalue weighted by atomic mass is 9.74.